The summed E-state index contributed by atoms with van der Waals surface area (Å²) in [6.45, 7) is -0.989. The van der Waals surface area contributed by atoms with Crippen molar-refractivity contribution >= 4 is 5.97 Å². The normalized spacial score (nSPS) is 7.83. The standard InChI is InChI=1S/C2H3FO2.U/c3-1-2(4)5;/h1H2,(H,4,5);/q;+1/p-1. The molecule has 0 saturated carbocycles. The van der Waals surface area contributed by atoms with Crippen LogP contribution in [-0.2, 0) is 7.04 Å². The summed E-state index contributed by atoms with van der Waals surface area (Å²) in [7, 11) is 0. The van der Waals surface area contributed by atoms with Gasteiger partial charge in [0.1, 0.15) is 0 Å². The average molecular weight is 315 g/mol. The molecule has 0 aliphatic heterocycles. The number of hydrogen-bond donors (Lipinski definition) is 0. The first-order chi connectivity index (χ1) is 2.81. The van der Waals surface area contributed by atoms with E-state index in [2.05, 4.69) is 2.24 Å². The van der Waals surface area contributed by atoms with Gasteiger partial charge in [0.2, 0.25) is 0 Å². The predicted octanol–water partition coefficient (Wildman–Crippen LogP) is -0.0366. The Kier molecular flexibility index (Phi) is 3.91. The van der Waals surface area contributed by atoms with Gasteiger partial charge in [-0.25, -0.2) is 0 Å². The Bertz CT molecular complexity index is 49.5. The number of carbonyl (C=O) groups excluding carboxylic acids is 1. The molecule has 0 atom stereocenters. The molecule has 4 heteroatoms. The van der Waals surface area contributed by atoms with Crippen LogP contribution in [0.3, 0.4) is 0 Å². The molecule has 0 rings (SSSR count). The zero-order valence-electron chi connectivity index (χ0n) is 2.90. The van der Waals surface area contributed by atoms with Crippen molar-refractivity contribution in [1.29, 1.82) is 0 Å². The molecule has 0 fully saturated rings. The fraction of sp³-hybridized carbons (Fsp3) is 0.500. The van der Waals surface area contributed by atoms with Crippen molar-refractivity contribution in [3.63, 3.8) is 0 Å². The van der Waals surface area contributed by atoms with Crippen molar-refractivity contribution in [1.82, 2.24) is 0 Å². The van der Waals surface area contributed by atoms with Gasteiger partial charge in [0.25, 0.3) is 0 Å². The molecule has 0 amide bonds. The number of alkyl halides is 1. The molecule has 0 unspecified atom stereocenters. The van der Waals surface area contributed by atoms with Crippen LogP contribution in [0.15, 0.2) is 0 Å². The molecule has 33 valence electrons. The monoisotopic (exact) mass is 315 g/mol. The molecule has 0 aromatic heterocycles. The Morgan fingerprint density at radius 1 is 2.00 bits per heavy atom. The maximum atomic E-state index is 10.9. The number of halogens is 1. The summed E-state index contributed by atoms with van der Waals surface area (Å²) in [4.78, 5) is 9.63. The first kappa shape index (κ1) is 6.45. The third kappa shape index (κ3) is 2.68. The Morgan fingerprint density at radius 2 is 2.50 bits per heavy atom. The van der Waals surface area contributed by atoms with Crippen molar-refractivity contribution in [2.75, 3.05) is 6.67 Å². The minimum atomic E-state index is -0.989. The number of rotatable bonds is 1. The van der Waals surface area contributed by atoms with Gasteiger partial charge in [0.15, 0.2) is 0 Å². The molecule has 2 nitrogen and oxygen atoms in total. The Balaban J connectivity index is 2.99. The summed E-state index contributed by atoms with van der Waals surface area (Å²) in [5.41, 5.74) is 0. The van der Waals surface area contributed by atoms with Crippen LogP contribution in [-0.4, -0.2) is 12.6 Å². The van der Waals surface area contributed by atoms with Gasteiger partial charge in [-0.05, 0) is 0 Å². The summed E-state index contributed by atoms with van der Waals surface area (Å²) in [6.07, 6.45) is 0. The number of hydrogen-bond acceptors (Lipinski definition) is 2. The van der Waals surface area contributed by atoms with Gasteiger partial charge >= 0.3 is 54.0 Å². The quantitative estimate of drug-likeness (QED) is 0.679. The van der Waals surface area contributed by atoms with E-state index in [-0.39, 0.29) is 29.9 Å². The van der Waals surface area contributed by atoms with Crippen LogP contribution in [0.4, 0.5) is 4.39 Å². The molecular weight excluding hydrogens is 313 g/mol. The van der Waals surface area contributed by atoms with Crippen LogP contribution >= 0.6 is 0 Å². The topological polar surface area (TPSA) is 26.3 Å². The van der Waals surface area contributed by atoms with Crippen LogP contribution in [0, 0.1) is 29.9 Å². The van der Waals surface area contributed by atoms with E-state index < -0.39 is 12.6 Å². The first-order valence-electron chi connectivity index (χ1n) is 1.23. The van der Waals surface area contributed by atoms with E-state index >= 15 is 0 Å². The fourth-order valence-corrected chi connectivity index (χ4v) is 0.254. The van der Waals surface area contributed by atoms with Gasteiger partial charge in [-0.15, -0.1) is 0 Å². The van der Waals surface area contributed by atoms with Gasteiger partial charge in [-0.1, -0.05) is 0 Å². The van der Waals surface area contributed by atoms with Crippen molar-refractivity contribution < 1.29 is 41.3 Å². The van der Waals surface area contributed by atoms with E-state index in [4.69, 9.17) is 0 Å². The van der Waals surface area contributed by atoms with E-state index in [1.165, 1.54) is 0 Å². The average Bonchev–Trinajstić information content (AvgIpc) is 1.65. The first-order valence-corrected chi connectivity index (χ1v) is 2.93. The van der Waals surface area contributed by atoms with Crippen LogP contribution in [0.1, 0.15) is 0 Å². The molecule has 0 heterocycles. The molecule has 0 aromatic rings. The van der Waals surface area contributed by atoms with Crippen LogP contribution in [0.25, 0.3) is 0 Å². The molecule has 0 aliphatic carbocycles. The zero-order chi connectivity index (χ0) is 4.99. The van der Waals surface area contributed by atoms with E-state index in [0.717, 1.165) is 0 Å². The maximum absolute atomic E-state index is 10.9. The minimum absolute atomic E-state index is 0.113. The Labute approximate surface area is 54.0 Å². The predicted molar refractivity (Wildman–Crippen MR) is 12.1 cm³/mol. The van der Waals surface area contributed by atoms with Crippen molar-refractivity contribution in [2.45, 2.75) is 0 Å². The van der Waals surface area contributed by atoms with Gasteiger partial charge < -0.3 is 0 Å². The third-order valence-electron chi connectivity index (χ3n) is 0.223. The molecule has 0 aromatic carbocycles. The third-order valence-corrected chi connectivity index (χ3v) is 1.17. The molecule has 0 N–H and O–H groups in total. The SMILES string of the molecule is O=C(CF)[O][U]. The van der Waals surface area contributed by atoms with Crippen LogP contribution < -0.4 is 0 Å². The zero-order valence-corrected chi connectivity index (χ0v) is 7.07. The molecule has 6 heavy (non-hydrogen) atoms. The molecule has 0 radical (unpaired) electrons. The van der Waals surface area contributed by atoms with E-state index in [0.29, 0.717) is 0 Å². The summed E-state index contributed by atoms with van der Waals surface area (Å²) in [5.74, 6) is -0.749. The number of carbonyl (C=O) groups is 1. The van der Waals surface area contributed by atoms with Crippen molar-refractivity contribution in [3.05, 3.63) is 0 Å². The molecule has 0 aliphatic rings. The van der Waals surface area contributed by atoms with E-state index in [1.807, 2.05) is 0 Å². The molecule has 0 saturated heterocycles. The summed E-state index contributed by atoms with van der Waals surface area (Å²) in [5, 5.41) is 0. The van der Waals surface area contributed by atoms with Crippen LogP contribution in [0.2, 0.25) is 0 Å². The fourth-order valence-electron chi connectivity index (χ4n) is 0.0273. The van der Waals surface area contributed by atoms with Crippen LogP contribution in [0.5, 0.6) is 0 Å². The second-order valence-corrected chi connectivity index (χ2v) is 1.46. The van der Waals surface area contributed by atoms with E-state index in [9.17, 15) is 9.18 Å². The molecule has 0 bridgehead atoms. The van der Waals surface area contributed by atoms with Crippen molar-refractivity contribution in [2.24, 2.45) is 0 Å². The second kappa shape index (κ2) is 3.64. The van der Waals surface area contributed by atoms with Crippen molar-refractivity contribution in [3.8, 4) is 0 Å². The van der Waals surface area contributed by atoms with Gasteiger partial charge in [-0.2, -0.15) is 0 Å². The summed E-state index contributed by atoms with van der Waals surface area (Å²) < 4.78 is 15.0. The Hall–Kier alpha value is 0.452. The second-order valence-electron chi connectivity index (χ2n) is 0.608. The van der Waals surface area contributed by atoms with E-state index in [1.54, 1.807) is 0 Å². The Morgan fingerprint density at radius 3 is 2.50 bits per heavy atom. The van der Waals surface area contributed by atoms with Gasteiger partial charge in [0, 0.05) is 0 Å². The molecule has 0 spiro atoms. The summed E-state index contributed by atoms with van der Waals surface area (Å²) in [6, 6.07) is 0. The summed E-state index contributed by atoms with van der Waals surface area (Å²) >= 11 is 0.113. The van der Waals surface area contributed by atoms with Gasteiger partial charge in [-0.3, -0.25) is 0 Å². The van der Waals surface area contributed by atoms with Gasteiger partial charge in [0.05, 0.1) is 0 Å². The molecular formula is C2H2FO2U.